The van der Waals surface area contributed by atoms with Crippen LogP contribution in [-0.4, -0.2) is 88.3 Å². The summed E-state index contributed by atoms with van der Waals surface area (Å²) in [6.45, 7) is 4.84. The molecule has 266 valence electrons. The van der Waals surface area contributed by atoms with Crippen molar-refractivity contribution >= 4 is 45.0 Å². The monoisotopic (exact) mass is 734 g/mol. The highest BCUT2D eigenvalue weighted by Gasteiger charge is 2.39. The van der Waals surface area contributed by atoms with E-state index < -0.39 is 40.1 Å². The number of carbonyl (C=O) groups excluding carboxylic acids is 2. The second kappa shape index (κ2) is 18.8. The number of nitrogens with zero attached hydrogens (tertiary/aromatic N) is 1. The molecular formula is C35H44Cl2N4O7S. The van der Waals surface area contributed by atoms with Crippen molar-refractivity contribution < 1.29 is 32.2 Å². The third kappa shape index (κ3) is 12.0. The summed E-state index contributed by atoms with van der Waals surface area (Å²) < 4.78 is 43.6. The minimum atomic E-state index is -3.80. The molecule has 3 aliphatic rings. The molecule has 0 spiro atoms. The topological polar surface area (TPSA) is 163 Å². The minimum Gasteiger partial charge on any atom is -0.381 e. The number of hydrogen-bond acceptors (Lipinski definition) is 8. The van der Waals surface area contributed by atoms with E-state index in [2.05, 4.69) is 5.32 Å². The van der Waals surface area contributed by atoms with Crippen LogP contribution >= 0.6 is 23.2 Å². The Bertz CT molecular complexity index is 1590. The number of aryl methyl sites for hydroxylation is 1. The Hall–Kier alpha value is -3.07. The normalized spacial score (nSPS) is 22.6. The molecule has 3 fully saturated rings. The van der Waals surface area contributed by atoms with Crippen LogP contribution in [0.25, 0.3) is 0 Å². The SMILES string of the molecule is C1CCOC1.Cc1ccc(S(=O)(=O)N2C[C@@H](C(N)=O)OCC2Cc2ccc(Cl)cc2)cc1.NC(=O)[C@@H]1CNC(Cc2ccc(Cl)cc2)CO1. The number of nitrogens with two attached hydrogens (primary N) is 2. The van der Waals surface area contributed by atoms with Gasteiger partial charge in [0.1, 0.15) is 12.2 Å². The molecule has 0 bridgehead atoms. The third-order valence-corrected chi connectivity index (χ3v) is 10.6. The standard InChI is InChI=1S/C19H21ClN2O4S.C12H15ClN2O2.C4H8O/c1-13-2-8-17(9-3-13)27(24,25)22-11-18(19(21)23)26-12-16(22)10-14-4-6-15(20)7-5-14;13-9-3-1-8(2-4-9)5-10-7-17-11(6-15-10)12(14)16;1-2-4-5-3-1/h2-9,16,18H,10-12H2,1H3,(H2,21,23);1-4,10-11,15H,5-7H2,(H2,14,16);1-4H2/t16?,18-;10?,11-;/m00./s1. The van der Waals surface area contributed by atoms with Gasteiger partial charge in [0.15, 0.2) is 0 Å². The zero-order chi connectivity index (χ0) is 35.4. The summed E-state index contributed by atoms with van der Waals surface area (Å²) in [6.07, 6.45) is 2.37. The average Bonchev–Trinajstić information content (AvgIpc) is 3.68. The Morgan fingerprint density at radius 1 is 0.796 bits per heavy atom. The summed E-state index contributed by atoms with van der Waals surface area (Å²) in [5, 5.41) is 4.59. The van der Waals surface area contributed by atoms with Gasteiger partial charge in [-0.15, -0.1) is 0 Å². The van der Waals surface area contributed by atoms with Gasteiger partial charge in [0.05, 0.1) is 24.2 Å². The van der Waals surface area contributed by atoms with E-state index in [0.717, 1.165) is 35.8 Å². The van der Waals surface area contributed by atoms with Crippen LogP contribution in [0.1, 0.15) is 29.5 Å². The number of morpholine rings is 2. The number of amides is 2. The number of hydrogen-bond donors (Lipinski definition) is 3. The quantitative estimate of drug-likeness (QED) is 0.316. The minimum absolute atomic E-state index is 0.0846. The Morgan fingerprint density at radius 3 is 1.80 bits per heavy atom. The number of ether oxygens (including phenoxy) is 3. The lowest BCUT2D eigenvalue weighted by Gasteiger charge is -2.37. The van der Waals surface area contributed by atoms with Gasteiger partial charge in [-0.3, -0.25) is 9.59 Å². The maximum atomic E-state index is 13.2. The number of nitrogens with one attached hydrogen (secondary N) is 1. The highest BCUT2D eigenvalue weighted by molar-refractivity contribution is 7.89. The molecule has 11 nitrogen and oxygen atoms in total. The lowest BCUT2D eigenvalue weighted by molar-refractivity contribution is -0.135. The molecule has 3 aromatic rings. The lowest BCUT2D eigenvalue weighted by Crippen LogP contribution is -2.56. The predicted octanol–water partition coefficient (Wildman–Crippen LogP) is 3.66. The van der Waals surface area contributed by atoms with E-state index in [1.807, 2.05) is 43.3 Å². The van der Waals surface area contributed by atoms with E-state index in [4.69, 9.17) is 48.9 Å². The molecule has 49 heavy (non-hydrogen) atoms. The molecule has 4 atom stereocenters. The highest BCUT2D eigenvalue weighted by Crippen LogP contribution is 2.26. The van der Waals surface area contributed by atoms with Gasteiger partial charge in [-0.1, -0.05) is 65.2 Å². The van der Waals surface area contributed by atoms with E-state index in [-0.39, 0.29) is 24.1 Å². The number of halogens is 2. The summed E-state index contributed by atoms with van der Waals surface area (Å²) in [4.78, 5) is 22.7. The smallest absolute Gasteiger partial charge is 0.247 e. The number of rotatable bonds is 8. The maximum Gasteiger partial charge on any atom is 0.247 e. The number of primary amides is 2. The first-order chi connectivity index (χ1) is 23.4. The fraction of sp³-hybridized carbons (Fsp3) is 0.429. The second-order valence-electron chi connectivity index (χ2n) is 12.1. The molecule has 0 saturated carbocycles. The van der Waals surface area contributed by atoms with Crippen molar-refractivity contribution in [3.63, 3.8) is 0 Å². The maximum absolute atomic E-state index is 13.2. The van der Waals surface area contributed by atoms with Crippen LogP contribution in [0, 0.1) is 6.92 Å². The van der Waals surface area contributed by atoms with Crippen LogP contribution < -0.4 is 16.8 Å². The number of sulfonamides is 1. The Labute approximate surface area is 298 Å². The van der Waals surface area contributed by atoms with Gasteiger partial charge in [-0.05, 0) is 80.1 Å². The van der Waals surface area contributed by atoms with Crippen molar-refractivity contribution in [2.24, 2.45) is 11.5 Å². The zero-order valence-electron chi connectivity index (χ0n) is 27.4. The van der Waals surface area contributed by atoms with Gasteiger partial charge in [0, 0.05) is 42.4 Å². The second-order valence-corrected chi connectivity index (χ2v) is 14.8. The molecule has 3 aromatic carbocycles. The van der Waals surface area contributed by atoms with Crippen LogP contribution in [0.4, 0.5) is 0 Å². The van der Waals surface area contributed by atoms with Gasteiger partial charge >= 0.3 is 0 Å². The molecule has 6 rings (SSSR count). The summed E-state index contributed by atoms with van der Waals surface area (Å²) >= 11 is 11.7. The van der Waals surface area contributed by atoms with Crippen molar-refractivity contribution in [2.45, 2.75) is 61.8 Å². The molecule has 0 aromatic heterocycles. The van der Waals surface area contributed by atoms with Crippen molar-refractivity contribution in [3.8, 4) is 0 Å². The molecule has 0 aliphatic carbocycles. The number of carbonyl (C=O) groups is 2. The molecule has 2 amide bonds. The summed E-state index contributed by atoms with van der Waals surface area (Å²) in [6, 6.07) is 21.3. The van der Waals surface area contributed by atoms with Gasteiger partial charge < -0.3 is 31.0 Å². The van der Waals surface area contributed by atoms with Crippen LogP contribution in [-0.2, 0) is 46.7 Å². The molecule has 14 heteroatoms. The van der Waals surface area contributed by atoms with Crippen molar-refractivity contribution in [1.29, 1.82) is 0 Å². The van der Waals surface area contributed by atoms with Crippen LogP contribution in [0.5, 0.6) is 0 Å². The zero-order valence-corrected chi connectivity index (χ0v) is 29.8. The van der Waals surface area contributed by atoms with Gasteiger partial charge in [0.25, 0.3) is 0 Å². The molecule has 0 radical (unpaired) electrons. The van der Waals surface area contributed by atoms with Gasteiger partial charge in [-0.25, -0.2) is 8.42 Å². The van der Waals surface area contributed by atoms with Crippen molar-refractivity contribution in [2.75, 3.05) is 39.5 Å². The van der Waals surface area contributed by atoms with Crippen molar-refractivity contribution in [1.82, 2.24) is 9.62 Å². The molecule has 3 aliphatic heterocycles. The van der Waals surface area contributed by atoms with Crippen LogP contribution in [0.2, 0.25) is 10.0 Å². The molecular weight excluding hydrogens is 691 g/mol. The Morgan fingerprint density at radius 2 is 1.33 bits per heavy atom. The third-order valence-electron chi connectivity index (χ3n) is 8.20. The summed E-state index contributed by atoms with van der Waals surface area (Å²) in [5.74, 6) is -1.09. The van der Waals surface area contributed by atoms with E-state index in [0.29, 0.717) is 24.6 Å². The molecule has 2 unspecified atom stereocenters. The van der Waals surface area contributed by atoms with Crippen LogP contribution in [0.3, 0.4) is 0 Å². The predicted molar refractivity (Wildman–Crippen MR) is 189 cm³/mol. The van der Waals surface area contributed by atoms with Gasteiger partial charge in [-0.2, -0.15) is 4.31 Å². The van der Waals surface area contributed by atoms with E-state index in [1.165, 1.54) is 22.7 Å². The fourth-order valence-corrected chi connectivity index (χ4v) is 7.26. The van der Waals surface area contributed by atoms with E-state index in [1.54, 1.807) is 36.4 Å². The van der Waals surface area contributed by atoms with Gasteiger partial charge in [0.2, 0.25) is 21.8 Å². The first kappa shape index (κ1) is 38.7. The summed E-state index contributed by atoms with van der Waals surface area (Å²) in [7, 11) is -3.80. The van der Waals surface area contributed by atoms with E-state index in [9.17, 15) is 18.0 Å². The van der Waals surface area contributed by atoms with Crippen LogP contribution in [0.15, 0.2) is 77.7 Å². The molecule has 3 saturated heterocycles. The first-order valence-electron chi connectivity index (χ1n) is 16.1. The number of benzene rings is 3. The van der Waals surface area contributed by atoms with E-state index >= 15 is 0 Å². The van der Waals surface area contributed by atoms with Crippen molar-refractivity contribution in [3.05, 3.63) is 99.5 Å². The Kier molecular flexibility index (Phi) is 14.9. The highest BCUT2D eigenvalue weighted by atomic mass is 35.5. The summed E-state index contributed by atoms with van der Waals surface area (Å²) in [5.41, 5.74) is 13.6. The molecule has 3 heterocycles. The average molecular weight is 736 g/mol. The Balaban J connectivity index is 0.000000207. The first-order valence-corrected chi connectivity index (χ1v) is 18.3. The lowest BCUT2D eigenvalue weighted by atomic mass is 10.1. The molecule has 5 N–H and O–H groups in total. The fourth-order valence-electron chi connectivity index (χ4n) is 5.39. The largest absolute Gasteiger partial charge is 0.381 e.